The van der Waals surface area contributed by atoms with Gasteiger partial charge in [0.2, 0.25) is 5.91 Å². The topological polar surface area (TPSA) is 70.1 Å². The molecule has 4 heteroatoms. The van der Waals surface area contributed by atoms with Gasteiger partial charge in [-0.05, 0) is 24.1 Å². The van der Waals surface area contributed by atoms with Gasteiger partial charge in [-0.25, -0.2) is 0 Å². The highest BCUT2D eigenvalue weighted by Gasteiger charge is 2.29. The number of carbonyl (C=O) groups excluding carboxylic acids is 1. The van der Waals surface area contributed by atoms with E-state index in [-0.39, 0.29) is 18.1 Å². The molecule has 1 aliphatic rings. The van der Waals surface area contributed by atoms with E-state index in [1.807, 2.05) is 30.3 Å². The molecular formula is C13H13N3O. The molecule has 0 spiro atoms. The molecule has 0 atom stereocenters. The lowest BCUT2D eigenvalue weighted by Crippen LogP contribution is -2.28. The molecule has 0 bridgehead atoms. The fourth-order valence-electron chi connectivity index (χ4n) is 1.85. The molecule has 1 heterocycles. The van der Waals surface area contributed by atoms with Crippen molar-refractivity contribution in [1.82, 2.24) is 0 Å². The number of rotatable bonds is 2. The average Bonchev–Trinajstić information content (AvgIpc) is 2.64. The highest BCUT2D eigenvalue weighted by atomic mass is 16.2. The van der Waals surface area contributed by atoms with Crippen LogP contribution in [0.4, 0.5) is 5.69 Å². The molecule has 2 rings (SSSR count). The number of hydrogen-bond acceptors (Lipinski definition) is 3. The second kappa shape index (κ2) is 4.30. The summed E-state index contributed by atoms with van der Waals surface area (Å²) in [5.41, 5.74) is 8.05. The van der Waals surface area contributed by atoms with E-state index in [0.29, 0.717) is 5.57 Å². The lowest BCUT2D eigenvalue weighted by atomic mass is 10.1. The molecule has 0 saturated heterocycles. The Hall–Kier alpha value is -2.28. The Morgan fingerprint density at radius 2 is 2.06 bits per heavy atom. The van der Waals surface area contributed by atoms with Crippen LogP contribution >= 0.6 is 0 Å². The lowest BCUT2D eigenvalue weighted by Gasteiger charge is -2.17. The van der Waals surface area contributed by atoms with Crippen molar-refractivity contribution >= 4 is 11.6 Å². The van der Waals surface area contributed by atoms with Crippen LogP contribution in [0.15, 0.2) is 35.7 Å². The van der Waals surface area contributed by atoms with Crippen molar-refractivity contribution in [2.75, 3.05) is 4.90 Å². The van der Waals surface area contributed by atoms with Crippen molar-refractivity contribution in [3.8, 4) is 6.07 Å². The highest BCUT2D eigenvalue weighted by Crippen LogP contribution is 2.27. The molecule has 0 radical (unpaired) electrons. The van der Waals surface area contributed by atoms with E-state index < -0.39 is 0 Å². The van der Waals surface area contributed by atoms with Crippen LogP contribution in [-0.2, 0) is 11.2 Å². The Balaban J connectivity index is 2.37. The molecule has 2 N–H and O–H groups in total. The summed E-state index contributed by atoms with van der Waals surface area (Å²) in [5.74, 6) is 0.102. The van der Waals surface area contributed by atoms with E-state index in [1.165, 1.54) is 10.5 Å². The number of anilines is 1. The SMILES string of the molecule is CCc1ccc(N2C(=O)CC(C#N)=C2N)cc1. The number of nitrogens with zero attached hydrogens (tertiary/aromatic N) is 2. The molecule has 1 aliphatic heterocycles. The summed E-state index contributed by atoms with van der Waals surface area (Å²) in [6, 6.07) is 9.58. The number of carbonyl (C=O) groups is 1. The van der Waals surface area contributed by atoms with E-state index >= 15 is 0 Å². The number of benzene rings is 1. The zero-order valence-electron chi connectivity index (χ0n) is 9.60. The van der Waals surface area contributed by atoms with Gasteiger partial charge < -0.3 is 5.73 Å². The number of aryl methyl sites for hydroxylation is 1. The van der Waals surface area contributed by atoms with E-state index in [9.17, 15) is 4.79 Å². The van der Waals surface area contributed by atoms with Gasteiger partial charge in [-0.1, -0.05) is 19.1 Å². The van der Waals surface area contributed by atoms with Crippen LogP contribution in [0.2, 0.25) is 0 Å². The van der Waals surface area contributed by atoms with Gasteiger partial charge in [-0.3, -0.25) is 9.69 Å². The lowest BCUT2D eigenvalue weighted by molar-refractivity contribution is -0.116. The molecule has 0 saturated carbocycles. The second-order valence-electron chi connectivity index (χ2n) is 3.90. The number of hydrogen-bond donors (Lipinski definition) is 1. The maximum atomic E-state index is 11.8. The van der Waals surface area contributed by atoms with Gasteiger partial charge in [-0.15, -0.1) is 0 Å². The Labute approximate surface area is 99.9 Å². The number of amides is 1. The third-order valence-corrected chi connectivity index (χ3v) is 2.87. The Morgan fingerprint density at radius 1 is 1.41 bits per heavy atom. The summed E-state index contributed by atoms with van der Waals surface area (Å²) in [6.45, 7) is 2.07. The van der Waals surface area contributed by atoms with Crippen LogP contribution in [0.3, 0.4) is 0 Å². The molecular weight excluding hydrogens is 214 g/mol. The van der Waals surface area contributed by atoms with Crippen molar-refractivity contribution < 1.29 is 4.79 Å². The normalized spacial score (nSPS) is 15.3. The van der Waals surface area contributed by atoms with Crippen molar-refractivity contribution in [3.05, 3.63) is 41.2 Å². The third kappa shape index (κ3) is 1.87. The Bertz CT molecular complexity index is 523. The minimum absolute atomic E-state index is 0.0951. The highest BCUT2D eigenvalue weighted by molar-refractivity contribution is 6.01. The summed E-state index contributed by atoms with van der Waals surface area (Å²) < 4.78 is 0. The van der Waals surface area contributed by atoms with Crippen LogP contribution in [0.1, 0.15) is 18.9 Å². The summed E-state index contributed by atoms with van der Waals surface area (Å²) >= 11 is 0. The quantitative estimate of drug-likeness (QED) is 0.835. The fourth-order valence-corrected chi connectivity index (χ4v) is 1.85. The van der Waals surface area contributed by atoms with Gasteiger partial charge in [0.25, 0.3) is 0 Å². The monoisotopic (exact) mass is 227 g/mol. The first kappa shape index (κ1) is 11.2. The predicted molar refractivity (Wildman–Crippen MR) is 64.7 cm³/mol. The second-order valence-corrected chi connectivity index (χ2v) is 3.90. The van der Waals surface area contributed by atoms with E-state index in [1.54, 1.807) is 0 Å². The largest absolute Gasteiger partial charge is 0.384 e. The van der Waals surface area contributed by atoms with Crippen molar-refractivity contribution in [3.63, 3.8) is 0 Å². The Kier molecular flexibility index (Phi) is 2.84. The minimum Gasteiger partial charge on any atom is -0.384 e. The van der Waals surface area contributed by atoms with Gasteiger partial charge in [0.15, 0.2) is 0 Å². The maximum Gasteiger partial charge on any atom is 0.237 e. The summed E-state index contributed by atoms with van der Waals surface area (Å²) in [5, 5.41) is 8.83. The first-order chi connectivity index (χ1) is 8.17. The van der Waals surface area contributed by atoms with Crippen LogP contribution in [0.5, 0.6) is 0 Å². The smallest absolute Gasteiger partial charge is 0.237 e. The molecule has 0 aromatic heterocycles. The third-order valence-electron chi connectivity index (χ3n) is 2.87. The molecule has 1 aromatic carbocycles. The van der Waals surface area contributed by atoms with Gasteiger partial charge in [0.1, 0.15) is 5.82 Å². The average molecular weight is 227 g/mol. The summed E-state index contributed by atoms with van der Waals surface area (Å²) in [4.78, 5) is 13.2. The first-order valence-corrected chi connectivity index (χ1v) is 5.48. The molecule has 86 valence electrons. The number of nitrogens with two attached hydrogens (primary N) is 1. The molecule has 4 nitrogen and oxygen atoms in total. The molecule has 17 heavy (non-hydrogen) atoms. The molecule has 0 unspecified atom stereocenters. The van der Waals surface area contributed by atoms with Gasteiger partial charge in [0.05, 0.1) is 23.8 Å². The number of nitriles is 1. The van der Waals surface area contributed by atoms with Crippen LogP contribution in [0, 0.1) is 11.3 Å². The standard InChI is InChI=1S/C13H13N3O/c1-2-9-3-5-11(6-4-9)16-12(17)7-10(8-14)13(16)15/h3-6H,2,7,15H2,1H3. The maximum absolute atomic E-state index is 11.8. The fraction of sp³-hybridized carbons (Fsp3) is 0.231. The summed E-state index contributed by atoms with van der Waals surface area (Å²) in [7, 11) is 0. The predicted octanol–water partition coefficient (Wildman–Crippen LogP) is 1.68. The molecule has 0 fully saturated rings. The molecule has 1 aromatic rings. The van der Waals surface area contributed by atoms with Gasteiger partial charge >= 0.3 is 0 Å². The first-order valence-electron chi connectivity index (χ1n) is 5.48. The van der Waals surface area contributed by atoms with E-state index in [4.69, 9.17) is 11.0 Å². The van der Waals surface area contributed by atoms with E-state index in [2.05, 4.69) is 6.92 Å². The van der Waals surface area contributed by atoms with Crippen molar-refractivity contribution in [2.24, 2.45) is 5.73 Å². The van der Waals surface area contributed by atoms with E-state index in [0.717, 1.165) is 12.1 Å². The van der Waals surface area contributed by atoms with Crippen LogP contribution in [-0.4, -0.2) is 5.91 Å². The molecule has 0 aliphatic carbocycles. The van der Waals surface area contributed by atoms with Crippen LogP contribution < -0.4 is 10.6 Å². The van der Waals surface area contributed by atoms with Crippen molar-refractivity contribution in [1.29, 1.82) is 5.26 Å². The zero-order chi connectivity index (χ0) is 12.4. The van der Waals surface area contributed by atoms with Crippen molar-refractivity contribution in [2.45, 2.75) is 19.8 Å². The Morgan fingerprint density at radius 3 is 2.53 bits per heavy atom. The van der Waals surface area contributed by atoms with Gasteiger partial charge in [-0.2, -0.15) is 5.26 Å². The zero-order valence-corrected chi connectivity index (χ0v) is 9.60. The minimum atomic E-state index is -0.150. The van der Waals surface area contributed by atoms with Crippen LogP contribution in [0.25, 0.3) is 0 Å². The van der Waals surface area contributed by atoms with Gasteiger partial charge in [0, 0.05) is 0 Å². The summed E-state index contributed by atoms with van der Waals surface area (Å²) in [6.07, 6.45) is 1.04. The molecule has 1 amide bonds.